The number of rotatable bonds is 2. The molecule has 1 saturated carbocycles. The third kappa shape index (κ3) is 2.17. The standard InChI is InChI=1S/C18H18IN5O/c1-22-16(25)14-15(24-13-9-5-8-12(13)20-18(22)24)21-17(19)23(14)10-11-6-3-2-4-7-11/h2-4,6-7,12-13H,5,8-10H2,1H3/t12-,13+/m1/s1. The van der Waals surface area contributed by atoms with E-state index in [4.69, 9.17) is 9.98 Å². The van der Waals surface area contributed by atoms with Gasteiger partial charge in [-0.25, -0.2) is 9.98 Å². The Morgan fingerprint density at radius 3 is 2.84 bits per heavy atom. The van der Waals surface area contributed by atoms with E-state index < -0.39 is 0 Å². The zero-order valence-electron chi connectivity index (χ0n) is 13.9. The number of carbonyl (C=O) groups is 1. The Bertz CT molecular complexity index is 890. The fourth-order valence-electron chi connectivity index (χ4n) is 4.18. The van der Waals surface area contributed by atoms with Crippen molar-refractivity contribution in [3.05, 3.63) is 45.4 Å². The van der Waals surface area contributed by atoms with E-state index in [2.05, 4.69) is 39.6 Å². The van der Waals surface area contributed by atoms with Crippen LogP contribution in [0.25, 0.3) is 0 Å². The molecule has 6 nitrogen and oxygen atoms in total. The first kappa shape index (κ1) is 15.4. The lowest BCUT2D eigenvalue weighted by molar-refractivity contribution is 0.0854. The van der Waals surface area contributed by atoms with Crippen molar-refractivity contribution in [1.29, 1.82) is 0 Å². The smallest absolute Gasteiger partial charge is 0.280 e. The summed E-state index contributed by atoms with van der Waals surface area (Å²) >= 11 is 2.23. The van der Waals surface area contributed by atoms with Crippen molar-refractivity contribution < 1.29 is 4.79 Å². The van der Waals surface area contributed by atoms with Gasteiger partial charge >= 0.3 is 0 Å². The molecule has 3 heterocycles. The number of benzene rings is 1. The summed E-state index contributed by atoms with van der Waals surface area (Å²) in [6.45, 7) is 0.648. The van der Waals surface area contributed by atoms with Crippen molar-refractivity contribution in [2.75, 3.05) is 11.9 Å². The van der Waals surface area contributed by atoms with Crippen molar-refractivity contribution >= 4 is 40.3 Å². The Kier molecular flexibility index (Phi) is 3.41. The van der Waals surface area contributed by atoms with E-state index in [9.17, 15) is 4.79 Å². The molecule has 0 saturated heterocycles. The summed E-state index contributed by atoms with van der Waals surface area (Å²) in [6.07, 6.45) is 3.41. The molecular weight excluding hydrogens is 429 g/mol. The highest BCUT2D eigenvalue weighted by molar-refractivity contribution is 14.1. The van der Waals surface area contributed by atoms with E-state index in [1.807, 2.05) is 29.8 Å². The second-order valence-electron chi connectivity index (χ2n) is 6.85. The number of aromatic nitrogens is 2. The number of hydrogen-bond donors (Lipinski definition) is 0. The lowest BCUT2D eigenvalue weighted by Gasteiger charge is -2.34. The molecule has 128 valence electrons. The second-order valence-corrected chi connectivity index (χ2v) is 7.82. The minimum absolute atomic E-state index is 0.0173. The topological polar surface area (TPSA) is 53.7 Å². The molecule has 0 bridgehead atoms. The van der Waals surface area contributed by atoms with Crippen molar-refractivity contribution in [2.24, 2.45) is 4.99 Å². The van der Waals surface area contributed by atoms with Crippen LogP contribution in [0.2, 0.25) is 0 Å². The van der Waals surface area contributed by atoms with Crippen LogP contribution >= 0.6 is 22.6 Å². The molecule has 1 aromatic carbocycles. The number of fused-ring (bicyclic) bond motifs is 5. The number of hydrogen-bond acceptors (Lipinski definition) is 4. The predicted octanol–water partition coefficient (Wildman–Crippen LogP) is 2.72. The van der Waals surface area contributed by atoms with Gasteiger partial charge in [-0.1, -0.05) is 30.3 Å². The van der Waals surface area contributed by atoms with E-state index in [1.54, 1.807) is 4.90 Å². The van der Waals surface area contributed by atoms with Gasteiger partial charge in [0.25, 0.3) is 5.91 Å². The summed E-state index contributed by atoms with van der Waals surface area (Å²) in [4.78, 5) is 26.6. The van der Waals surface area contributed by atoms with Gasteiger partial charge in [-0.2, -0.15) is 0 Å². The maximum atomic E-state index is 13.1. The summed E-state index contributed by atoms with van der Waals surface area (Å²) in [5, 5.41) is 0. The normalized spacial score (nSPS) is 24.2. The maximum Gasteiger partial charge on any atom is 0.280 e. The minimum atomic E-state index is -0.0173. The number of amides is 1. The van der Waals surface area contributed by atoms with Crippen LogP contribution in [0.3, 0.4) is 0 Å². The number of nitrogens with zero attached hydrogens (tertiary/aromatic N) is 5. The second kappa shape index (κ2) is 5.55. The molecule has 2 aliphatic heterocycles. The Labute approximate surface area is 159 Å². The summed E-state index contributed by atoms with van der Waals surface area (Å²) in [5.41, 5.74) is 1.85. The molecule has 0 N–H and O–H groups in total. The lowest BCUT2D eigenvalue weighted by atomic mass is 10.1. The SMILES string of the molecule is CN1C(=O)c2c(nc(I)n2Cc2ccccc2)N2C1=N[C@@H]1CCC[C@@H]12. The van der Waals surface area contributed by atoms with Gasteiger partial charge in [-0.15, -0.1) is 0 Å². The van der Waals surface area contributed by atoms with Crippen LogP contribution in [0.4, 0.5) is 5.82 Å². The quantitative estimate of drug-likeness (QED) is 0.666. The van der Waals surface area contributed by atoms with Crippen molar-refractivity contribution in [3.8, 4) is 0 Å². The minimum Gasteiger partial charge on any atom is -0.309 e. The largest absolute Gasteiger partial charge is 0.309 e. The monoisotopic (exact) mass is 447 g/mol. The van der Waals surface area contributed by atoms with E-state index >= 15 is 0 Å². The molecule has 1 aliphatic carbocycles. The molecular formula is C18H18IN5O. The maximum absolute atomic E-state index is 13.1. The van der Waals surface area contributed by atoms with Gasteiger partial charge in [0.15, 0.2) is 15.3 Å². The van der Waals surface area contributed by atoms with Crippen LogP contribution in [0.15, 0.2) is 35.3 Å². The Hall–Kier alpha value is -1.90. The van der Waals surface area contributed by atoms with Gasteiger partial charge in [0.05, 0.1) is 18.6 Å². The zero-order valence-corrected chi connectivity index (χ0v) is 16.0. The van der Waals surface area contributed by atoms with Crippen LogP contribution in [-0.2, 0) is 6.54 Å². The van der Waals surface area contributed by atoms with Crippen molar-refractivity contribution in [1.82, 2.24) is 14.5 Å². The van der Waals surface area contributed by atoms with Gasteiger partial charge in [0.2, 0.25) is 5.96 Å². The summed E-state index contributed by atoms with van der Waals surface area (Å²) in [7, 11) is 1.82. The average Bonchev–Trinajstić information content (AvgIpc) is 3.27. The van der Waals surface area contributed by atoms with Crippen molar-refractivity contribution in [2.45, 2.75) is 37.9 Å². The zero-order chi connectivity index (χ0) is 17.1. The third-order valence-electron chi connectivity index (χ3n) is 5.39. The Balaban J connectivity index is 1.63. The van der Waals surface area contributed by atoms with Gasteiger partial charge in [0, 0.05) is 29.6 Å². The molecule has 2 atom stereocenters. The lowest BCUT2D eigenvalue weighted by Crippen LogP contribution is -2.51. The van der Waals surface area contributed by atoms with E-state index in [-0.39, 0.29) is 5.91 Å². The van der Waals surface area contributed by atoms with E-state index in [0.29, 0.717) is 24.3 Å². The summed E-state index contributed by atoms with van der Waals surface area (Å²) in [6, 6.07) is 10.9. The number of anilines is 1. The molecule has 1 fully saturated rings. The predicted molar refractivity (Wildman–Crippen MR) is 104 cm³/mol. The van der Waals surface area contributed by atoms with Gasteiger partial charge in [-0.3, -0.25) is 14.6 Å². The molecule has 0 unspecified atom stereocenters. The Morgan fingerprint density at radius 2 is 2.04 bits per heavy atom. The molecule has 0 spiro atoms. The molecule has 2 aromatic rings. The molecule has 1 aromatic heterocycles. The highest BCUT2D eigenvalue weighted by atomic mass is 127. The fraction of sp³-hybridized carbons (Fsp3) is 0.389. The number of aliphatic imine (C=N–C) groups is 1. The number of halogens is 1. The third-order valence-corrected chi connectivity index (χ3v) is 6.22. The summed E-state index contributed by atoms with van der Waals surface area (Å²) < 4.78 is 2.87. The van der Waals surface area contributed by atoms with Crippen LogP contribution in [-0.4, -0.2) is 45.4 Å². The van der Waals surface area contributed by atoms with Crippen molar-refractivity contribution in [3.63, 3.8) is 0 Å². The average molecular weight is 447 g/mol. The van der Waals surface area contributed by atoms with Crippen LogP contribution < -0.4 is 4.90 Å². The fourth-order valence-corrected chi connectivity index (χ4v) is 4.82. The molecule has 7 heteroatoms. The van der Waals surface area contributed by atoms with E-state index in [0.717, 1.165) is 34.0 Å². The molecule has 5 rings (SSSR count). The highest BCUT2D eigenvalue weighted by Crippen LogP contribution is 2.40. The molecule has 1 amide bonds. The molecule has 25 heavy (non-hydrogen) atoms. The van der Waals surface area contributed by atoms with Crippen LogP contribution in [0.1, 0.15) is 35.3 Å². The highest BCUT2D eigenvalue weighted by Gasteiger charge is 2.48. The number of guanidine groups is 1. The van der Waals surface area contributed by atoms with E-state index in [1.165, 1.54) is 6.42 Å². The Morgan fingerprint density at radius 1 is 1.24 bits per heavy atom. The number of carbonyl (C=O) groups excluding carboxylic acids is 1. The van der Waals surface area contributed by atoms with Crippen LogP contribution in [0.5, 0.6) is 0 Å². The first-order valence-corrected chi connectivity index (χ1v) is 9.68. The molecule has 0 radical (unpaired) electrons. The number of imidazole rings is 1. The first-order chi connectivity index (χ1) is 12.1. The van der Waals surface area contributed by atoms with Gasteiger partial charge in [0.1, 0.15) is 0 Å². The molecule has 3 aliphatic rings. The first-order valence-electron chi connectivity index (χ1n) is 8.60. The van der Waals surface area contributed by atoms with Gasteiger partial charge < -0.3 is 4.57 Å². The summed E-state index contributed by atoms with van der Waals surface area (Å²) in [5.74, 6) is 1.54. The van der Waals surface area contributed by atoms with Gasteiger partial charge in [-0.05, 0) is 24.8 Å². The van der Waals surface area contributed by atoms with Crippen LogP contribution in [0, 0.1) is 3.83 Å².